The molecule has 42 heavy (non-hydrogen) atoms. The number of nitro benzene ring substituents is 1. The molecule has 0 bridgehead atoms. The minimum Gasteiger partial charge on any atom is -0.495 e. The summed E-state index contributed by atoms with van der Waals surface area (Å²) in [5.74, 6) is -1.02. The van der Waals surface area contributed by atoms with Gasteiger partial charge in [-0.1, -0.05) is 48.0 Å². The van der Waals surface area contributed by atoms with Crippen LogP contribution in [0.4, 0.5) is 11.4 Å². The second kappa shape index (κ2) is 13.7. The van der Waals surface area contributed by atoms with Gasteiger partial charge in [-0.25, -0.2) is 8.42 Å². The van der Waals surface area contributed by atoms with Crippen molar-refractivity contribution >= 4 is 44.8 Å². The van der Waals surface area contributed by atoms with Gasteiger partial charge in [-0.3, -0.25) is 24.0 Å². The maximum Gasteiger partial charge on any atom is 0.273 e. The van der Waals surface area contributed by atoms with Crippen molar-refractivity contribution in [3.05, 3.63) is 93.0 Å². The van der Waals surface area contributed by atoms with E-state index in [1.54, 1.807) is 45.0 Å². The molecule has 0 heterocycles. The lowest BCUT2D eigenvalue weighted by atomic mass is 10.1. The van der Waals surface area contributed by atoms with Crippen molar-refractivity contribution in [1.29, 1.82) is 0 Å². The van der Waals surface area contributed by atoms with E-state index in [9.17, 15) is 28.1 Å². The fourth-order valence-electron chi connectivity index (χ4n) is 4.21. The molecule has 0 unspecified atom stereocenters. The molecular weight excluding hydrogens is 584 g/mol. The van der Waals surface area contributed by atoms with Crippen LogP contribution in [0.1, 0.15) is 31.9 Å². The molecule has 0 fully saturated rings. The molecule has 2 amide bonds. The Labute approximate surface area is 250 Å². The van der Waals surface area contributed by atoms with Gasteiger partial charge in [0.25, 0.3) is 15.7 Å². The van der Waals surface area contributed by atoms with Crippen LogP contribution in [0.15, 0.2) is 71.6 Å². The molecule has 1 N–H and O–H groups in total. The number of methoxy groups -OCH3 is 1. The SMILES string of the molecule is COc1ccc(Cl)cc1N(CC(=O)N(Cc1ccccc1)[C@@H](C)C(=O)NC(C)C)S(=O)(=O)c1ccc(C)c([N+](=O)[O-])c1. The lowest BCUT2D eigenvalue weighted by Crippen LogP contribution is -2.52. The number of nitro groups is 1. The summed E-state index contributed by atoms with van der Waals surface area (Å²) in [7, 11) is -3.27. The molecule has 224 valence electrons. The van der Waals surface area contributed by atoms with Gasteiger partial charge in [0.05, 0.1) is 22.6 Å². The quantitative estimate of drug-likeness (QED) is 0.230. The van der Waals surface area contributed by atoms with Crippen LogP contribution < -0.4 is 14.4 Å². The van der Waals surface area contributed by atoms with Crippen molar-refractivity contribution in [3.8, 4) is 5.75 Å². The standard InChI is InChI=1S/C29H33ClN4O7S/c1-19(2)31-29(36)21(4)32(17-22-9-7-6-8-10-22)28(35)18-33(26-15-23(30)12-14-27(26)41-5)42(39,40)24-13-11-20(3)25(16-24)34(37)38/h6-16,19,21H,17-18H2,1-5H3,(H,31,36)/t21-/m0/s1. The Morgan fingerprint density at radius 2 is 1.71 bits per heavy atom. The first-order valence-electron chi connectivity index (χ1n) is 13.0. The third kappa shape index (κ3) is 7.56. The summed E-state index contributed by atoms with van der Waals surface area (Å²) in [5.41, 5.74) is 0.533. The molecule has 3 aromatic rings. The van der Waals surface area contributed by atoms with Crippen molar-refractivity contribution in [2.75, 3.05) is 18.0 Å². The van der Waals surface area contributed by atoms with Crippen LogP contribution in [-0.4, -0.2) is 55.8 Å². The number of benzene rings is 3. The number of anilines is 1. The number of ether oxygens (including phenoxy) is 1. The van der Waals surface area contributed by atoms with E-state index < -0.39 is 49.9 Å². The highest BCUT2D eigenvalue weighted by Gasteiger charge is 2.35. The molecule has 3 rings (SSSR count). The zero-order chi connectivity index (χ0) is 31.2. The van der Waals surface area contributed by atoms with Crippen LogP contribution in [0.3, 0.4) is 0 Å². The Morgan fingerprint density at radius 1 is 1.05 bits per heavy atom. The Kier molecular flexibility index (Phi) is 10.5. The molecule has 0 saturated heterocycles. The van der Waals surface area contributed by atoms with Gasteiger partial charge in [-0.05, 0) is 57.5 Å². The molecule has 3 aromatic carbocycles. The molecule has 1 atom stereocenters. The van der Waals surface area contributed by atoms with Crippen LogP contribution in [0.2, 0.25) is 5.02 Å². The summed E-state index contributed by atoms with van der Waals surface area (Å²) < 4.78 is 34.4. The molecule has 0 aliphatic carbocycles. The number of sulfonamides is 1. The monoisotopic (exact) mass is 616 g/mol. The second-order valence-corrected chi connectivity index (χ2v) is 12.2. The highest BCUT2D eigenvalue weighted by atomic mass is 35.5. The normalized spacial score (nSPS) is 12.0. The number of aryl methyl sites for hydroxylation is 1. The highest BCUT2D eigenvalue weighted by molar-refractivity contribution is 7.92. The van der Waals surface area contributed by atoms with Crippen molar-refractivity contribution in [2.45, 2.75) is 51.2 Å². The third-order valence-corrected chi connectivity index (χ3v) is 8.44. The molecule has 0 radical (unpaired) electrons. The molecule has 13 heteroatoms. The number of amides is 2. The number of carbonyl (C=O) groups is 2. The third-order valence-electron chi connectivity index (χ3n) is 6.45. The summed E-state index contributed by atoms with van der Waals surface area (Å²) >= 11 is 6.23. The second-order valence-electron chi connectivity index (χ2n) is 9.88. The number of nitrogens with one attached hydrogen (secondary N) is 1. The van der Waals surface area contributed by atoms with E-state index in [0.29, 0.717) is 0 Å². The predicted molar refractivity (Wildman–Crippen MR) is 160 cm³/mol. The lowest BCUT2D eigenvalue weighted by Gasteiger charge is -2.32. The van der Waals surface area contributed by atoms with Crippen molar-refractivity contribution in [1.82, 2.24) is 10.2 Å². The van der Waals surface area contributed by atoms with Gasteiger partial charge in [-0.2, -0.15) is 0 Å². The minimum atomic E-state index is -4.60. The van der Waals surface area contributed by atoms with E-state index in [1.165, 1.54) is 49.3 Å². The van der Waals surface area contributed by atoms with E-state index in [4.69, 9.17) is 16.3 Å². The van der Waals surface area contributed by atoms with E-state index in [0.717, 1.165) is 15.9 Å². The largest absolute Gasteiger partial charge is 0.495 e. The maximum atomic E-state index is 14.1. The summed E-state index contributed by atoms with van der Waals surface area (Å²) in [6, 6.07) is 15.5. The summed E-state index contributed by atoms with van der Waals surface area (Å²) in [6.45, 7) is 5.88. The van der Waals surface area contributed by atoms with E-state index in [2.05, 4.69) is 5.32 Å². The number of hydrogen-bond acceptors (Lipinski definition) is 7. The zero-order valence-electron chi connectivity index (χ0n) is 23.9. The molecule has 0 saturated carbocycles. The van der Waals surface area contributed by atoms with Gasteiger partial charge in [0.15, 0.2) is 0 Å². The number of rotatable bonds is 12. The van der Waals surface area contributed by atoms with Gasteiger partial charge >= 0.3 is 0 Å². The topological polar surface area (TPSA) is 139 Å². The fraction of sp³-hybridized carbons (Fsp3) is 0.310. The Bertz CT molecular complexity index is 1570. The van der Waals surface area contributed by atoms with Gasteiger partial charge in [0, 0.05) is 29.2 Å². The lowest BCUT2D eigenvalue weighted by molar-refractivity contribution is -0.385. The molecule has 0 aliphatic rings. The van der Waals surface area contributed by atoms with Crippen LogP contribution in [-0.2, 0) is 26.2 Å². The zero-order valence-corrected chi connectivity index (χ0v) is 25.5. The van der Waals surface area contributed by atoms with Crippen LogP contribution >= 0.6 is 11.6 Å². The molecule has 0 spiro atoms. The molecule has 11 nitrogen and oxygen atoms in total. The first-order valence-corrected chi connectivity index (χ1v) is 14.8. The minimum absolute atomic E-state index is 0.0168. The van der Waals surface area contributed by atoms with Crippen LogP contribution in [0, 0.1) is 17.0 Å². The van der Waals surface area contributed by atoms with Gasteiger partial charge < -0.3 is 15.0 Å². The molecule has 0 aromatic heterocycles. The summed E-state index contributed by atoms with van der Waals surface area (Å²) in [6.07, 6.45) is 0. The summed E-state index contributed by atoms with van der Waals surface area (Å²) in [5, 5.41) is 14.6. The number of halogens is 1. The number of carbonyl (C=O) groups excluding carboxylic acids is 2. The average molecular weight is 617 g/mol. The van der Waals surface area contributed by atoms with E-state index in [-0.39, 0.29) is 34.6 Å². The fourth-order valence-corrected chi connectivity index (χ4v) is 5.82. The maximum absolute atomic E-state index is 14.1. The van der Waals surface area contributed by atoms with Crippen LogP contribution in [0.25, 0.3) is 0 Å². The predicted octanol–water partition coefficient (Wildman–Crippen LogP) is 4.70. The number of hydrogen-bond donors (Lipinski definition) is 1. The number of nitrogens with zero attached hydrogens (tertiary/aromatic N) is 3. The molecular formula is C29H33ClN4O7S. The van der Waals surface area contributed by atoms with Crippen molar-refractivity contribution < 1.29 is 27.7 Å². The van der Waals surface area contributed by atoms with Gasteiger partial charge in [0.2, 0.25) is 11.8 Å². The van der Waals surface area contributed by atoms with Crippen molar-refractivity contribution in [2.24, 2.45) is 0 Å². The summed E-state index contributed by atoms with van der Waals surface area (Å²) in [4.78, 5) is 38.8. The Hall–Kier alpha value is -4.16. The first-order chi connectivity index (χ1) is 19.8. The first kappa shape index (κ1) is 32.4. The van der Waals surface area contributed by atoms with Crippen molar-refractivity contribution in [3.63, 3.8) is 0 Å². The highest BCUT2D eigenvalue weighted by Crippen LogP contribution is 2.36. The Morgan fingerprint density at radius 3 is 2.31 bits per heavy atom. The Balaban J connectivity index is 2.16. The molecule has 0 aliphatic heterocycles. The average Bonchev–Trinajstić information content (AvgIpc) is 2.94. The van der Waals surface area contributed by atoms with E-state index >= 15 is 0 Å². The van der Waals surface area contributed by atoms with Crippen LogP contribution in [0.5, 0.6) is 5.75 Å². The van der Waals surface area contributed by atoms with Gasteiger partial charge in [-0.15, -0.1) is 0 Å². The van der Waals surface area contributed by atoms with Gasteiger partial charge in [0.1, 0.15) is 18.3 Å². The smallest absolute Gasteiger partial charge is 0.273 e. The van der Waals surface area contributed by atoms with E-state index in [1.807, 2.05) is 6.07 Å².